The monoisotopic (exact) mass is 406 g/mol. The number of carbonyl (C=O) groups excluding carboxylic acids is 1. The summed E-state index contributed by atoms with van der Waals surface area (Å²) in [6.07, 6.45) is 0. The van der Waals surface area contributed by atoms with Crippen molar-refractivity contribution >= 4 is 11.6 Å². The Labute approximate surface area is 162 Å². The lowest BCUT2D eigenvalue weighted by molar-refractivity contribution is 0.103. The van der Waals surface area contributed by atoms with E-state index in [1.165, 1.54) is 0 Å². The Hall–Kier alpha value is -3.62. The van der Waals surface area contributed by atoms with Crippen LogP contribution in [0.25, 0.3) is 5.69 Å². The summed E-state index contributed by atoms with van der Waals surface area (Å²) in [5, 5.41) is 0. The molecule has 3 aromatic rings. The first kappa shape index (κ1) is 20.1. The van der Waals surface area contributed by atoms with Gasteiger partial charge in [0.2, 0.25) is 0 Å². The van der Waals surface area contributed by atoms with Crippen LogP contribution in [0.4, 0.5) is 23.4 Å². The number of pyridine rings is 1. The Bertz CT molecular complexity index is 1150. The van der Waals surface area contributed by atoms with Crippen molar-refractivity contribution in [1.29, 1.82) is 0 Å². The molecule has 0 unspecified atom stereocenters. The molecule has 0 fully saturated rings. The van der Waals surface area contributed by atoms with Gasteiger partial charge in [0.25, 0.3) is 5.56 Å². The summed E-state index contributed by atoms with van der Waals surface area (Å²) in [6.45, 7) is 1.78. The SMILES string of the molecule is CCOc1cc(F)c(-n2c(N)c(C(=O)c3ccc(F)cc3F)ccc2=O)c(F)c1. The van der Waals surface area contributed by atoms with Gasteiger partial charge in [-0.3, -0.25) is 14.2 Å². The van der Waals surface area contributed by atoms with Gasteiger partial charge in [-0.05, 0) is 25.1 Å². The number of aromatic nitrogens is 1. The highest BCUT2D eigenvalue weighted by atomic mass is 19.1. The fraction of sp³-hybridized carbons (Fsp3) is 0.100. The van der Waals surface area contributed by atoms with Gasteiger partial charge in [0.1, 0.15) is 28.9 Å². The quantitative estimate of drug-likeness (QED) is 0.519. The zero-order valence-electron chi connectivity index (χ0n) is 15.0. The molecule has 0 saturated heterocycles. The number of nitrogens with two attached hydrogens (primary N) is 1. The van der Waals surface area contributed by atoms with Gasteiger partial charge in [0.05, 0.1) is 17.7 Å². The van der Waals surface area contributed by atoms with Crippen molar-refractivity contribution in [2.24, 2.45) is 0 Å². The highest BCUT2D eigenvalue weighted by molar-refractivity contribution is 6.11. The third-order valence-electron chi connectivity index (χ3n) is 4.08. The molecule has 0 radical (unpaired) electrons. The summed E-state index contributed by atoms with van der Waals surface area (Å²) in [5.41, 5.74) is 3.22. The average Bonchev–Trinajstić information content (AvgIpc) is 2.63. The molecule has 0 amide bonds. The van der Waals surface area contributed by atoms with Crippen molar-refractivity contribution < 1.29 is 27.1 Å². The molecule has 9 heteroatoms. The van der Waals surface area contributed by atoms with E-state index >= 15 is 0 Å². The number of ketones is 1. The van der Waals surface area contributed by atoms with Crippen LogP contribution in [0.1, 0.15) is 22.8 Å². The van der Waals surface area contributed by atoms with Crippen molar-refractivity contribution in [3.63, 3.8) is 0 Å². The van der Waals surface area contributed by atoms with E-state index in [1.54, 1.807) is 6.92 Å². The summed E-state index contributed by atoms with van der Waals surface area (Å²) >= 11 is 0. The number of hydrogen-bond acceptors (Lipinski definition) is 4. The molecular weight excluding hydrogens is 392 g/mol. The molecule has 5 nitrogen and oxygen atoms in total. The van der Waals surface area contributed by atoms with E-state index in [1.807, 2.05) is 0 Å². The maximum Gasteiger partial charge on any atom is 0.256 e. The van der Waals surface area contributed by atoms with Gasteiger partial charge in [-0.2, -0.15) is 0 Å². The number of nitrogens with zero attached hydrogens (tertiary/aromatic N) is 1. The second-order valence-corrected chi connectivity index (χ2v) is 5.93. The maximum absolute atomic E-state index is 14.5. The predicted octanol–water partition coefficient (Wildman–Crippen LogP) is 3.61. The standard InChI is InChI=1S/C20H14F4N2O3/c1-2-29-11-8-15(23)18(16(24)9-11)26-17(27)6-5-13(20(26)25)19(28)12-4-3-10(21)7-14(12)22/h3-9H,2,25H2,1H3. The highest BCUT2D eigenvalue weighted by Gasteiger charge is 2.23. The predicted molar refractivity (Wildman–Crippen MR) is 97.3 cm³/mol. The lowest BCUT2D eigenvalue weighted by Gasteiger charge is -2.15. The molecule has 150 valence electrons. The Morgan fingerprint density at radius 1 is 0.966 bits per heavy atom. The Morgan fingerprint density at radius 2 is 1.59 bits per heavy atom. The van der Waals surface area contributed by atoms with Crippen LogP contribution in [0.3, 0.4) is 0 Å². The molecule has 1 aromatic heterocycles. The highest BCUT2D eigenvalue weighted by Crippen LogP contribution is 2.27. The third kappa shape index (κ3) is 3.71. The van der Waals surface area contributed by atoms with E-state index in [2.05, 4.69) is 0 Å². The molecule has 2 aromatic carbocycles. The van der Waals surface area contributed by atoms with Crippen LogP contribution >= 0.6 is 0 Å². The average molecular weight is 406 g/mol. The van der Waals surface area contributed by atoms with Gasteiger partial charge >= 0.3 is 0 Å². The van der Waals surface area contributed by atoms with Crippen LogP contribution in [-0.2, 0) is 0 Å². The fourth-order valence-electron chi connectivity index (χ4n) is 2.80. The minimum atomic E-state index is -1.15. The summed E-state index contributed by atoms with van der Waals surface area (Å²) in [4.78, 5) is 24.9. The number of carbonyl (C=O) groups is 1. The molecular formula is C20H14F4N2O3. The number of anilines is 1. The number of hydrogen-bond donors (Lipinski definition) is 1. The van der Waals surface area contributed by atoms with E-state index < -0.39 is 51.7 Å². The molecule has 1 heterocycles. The van der Waals surface area contributed by atoms with Crippen molar-refractivity contribution in [2.75, 3.05) is 12.3 Å². The smallest absolute Gasteiger partial charge is 0.256 e. The fourth-order valence-corrected chi connectivity index (χ4v) is 2.80. The molecule has 0 aliphatic carbocycles. The Kier molecular flexibility index (Phi) is 5.40. The molecule has 29 heavy (non-hydrogen) atoms. The molecule has 0 aliphatic heterocycles. The second-order valence-electron chi connectivity index (χ2n) is 5.93. The summed E-state index contributed by atoms with van der Waals surface area (Å²) in [7, 11) is 0. The van der Waals surface area contributed by atoms with Crippen LogP contribution in [0, 0.1) is 23.3 Å². The van der Waals surface area contributed by atoms with Crippen molar-refractivity contribution in [3.05, 3.63) is 87.2 Å². The Morgan fingerprint density at radius 3 is 2.17 bits per heavy atom. The second kappa shape index (κ2) is 7.78. The summed E-state index contributed by atoms with van der Waals surface area (Å²) in [6, 6.07) is 5.87. The van der Waals surface area contributed by atoms with Gasteiger partial charge < -0.3 is 10.5 Å². The van der Waals surface area contributed by atoms with Crippen LogP contribution in [0.15, 0.2) is 47.3 Å². The first-order valence-corrected chi connectivity index (χ1v) is 8.38. The summed E-state index contributed by atoms with van der Waals surface area (Å²) < 4.78 is 61.6. The molecule has 0 saturated carbocycles. The van der Waals surface area contributed by atoms with Crippen molar-refractivity contribution in [2.45, 2.75) is 6.92 Å². The molecule has 0 atom stereocenters. The molecule has 0 bridgehead atoms. The van der Waals surface area contributed by atoms with Gasteiger partial charge in [-0.1, -0.05) is 0 Å². The number of ether oxygens (including phenoxy) is 1. The summed E-state index contributed by atoms with van der Waals surface area (Å²) in [5.74, 6) is -6.03. The minimum Gasteiger partial charge on any atom is -0.494 e. The zero-order chi connectivity index (χ0) is 21.3. The number of halogens is 4. The van der Waals surface area contributed by atoms with Crippen molar-refractivity contribution in [1.82, 2.24) is 4.57 Å². The van der Waals surface area contributed by atoms with E-state index in [4.69, 9.17) is 10.5 Å². The largest absolute Gasteiger partial charge is 0.494 e. The van der Waals surface area contributed by atoms with Gasteiger partial charge in [-0.25, -0.2) is 17.6 Å². The van der Waals surface area contributed by atoms with Crippen molar-refractivity contribution in [3.8, 4) is 11.4 Å². The van der Waals surface area contributed by atoms with Gasteiger partial charge in [0.15, 0.2) is 17.4 Å². The van der Waals surface area contributed by atoms with Gasteiger partial charge in [-0.15, -0.1) is 0 Å². The molecule has 0 aliphatic rings. The number of rotatable bonds is 5. The topological polar surface area (TPSA) is 74.3 Å². The lowest BCUT2D eigenvalue weighted by Crippen LogP contribution is -2.25. The molecule has 0 spiro atoms. The maximum atomic E-state index is 14.5. The van der Waals surface area contributed by atoms with E-state index in [0.29, 0.717) is 10.6 Å². The van der Waals surface area contributed by atoms with Crippen LogP contribution in [-0.4, -0.2) is 17.0 Å². The van der Waals surface area contributed by atoms with E-state index in [0.717, 1.165) is 36.4 Å². The van der Waals surface area contributed by atoms with Gasteiger partial charge in [0, 0.05) is 24.3 Å². The zero-order valence-corrected chi connectivity index (χ0v) is 15.0. The third-order valence-corrected chi connectivity index (χ3v) is 4.08. The normalized spacial score (nSPS) is 10.8. The minimum absolute atomic E-state index is 0.0986. The van der Waals surface area contributed by atoms with E-state index in [-0.39, 0.29) is 17.9 Å². The van der Waals surface area contributed by atoms with Crippen LogP contribution < -0.4 is 16.0 Å². The first-order chi connectivity index (χ1) is 13.7. The van der Waals surface area contributed by atoms with Crippen LogP contribution in [0.2, 0.25) is 0 Å². The van der Waals surface area contributed by atoms with E-state index in [9.17, 15) is 27.2 Å². The molecule has 2 N–H and O–H groups in total. The number of nitrogen functional groups attached to an aromatic ring is 1. The number of benzene rings is 2. The lowest BCUT2D eigenvalue weighted by atomic mass is 10.0. The molecule has 3 rings (SSSR count). The Balaban J connectivity index is 2.19. The first-order valence-electron chi connectivity index (χ1n) is 8.38. The van der Waals surface area contributed by atoms with Crippen LogP contribution in [0.5, 0.6) is 5.75 Å².